The first kappa shape index (κ1) is 12.0. The average molecular weight is 243 g/mol. The summed E-state index contributed by atoms with van der Waals surface area (Å²) in [5, 5.41) is 11.6. The molecule has 18 heavy (non-hydrogen) atoms. The number of carboxylic acid groups (broad SMARTS) is 1. The van der Waals surface area contributed by atoms with Crippen molar-refractivity contribution in [3.63, 3.8) is 0 Å². The van der Waals surface area contributed by atoms with E-state index in [1.54, 1.807) is 19.2 Å². The Morgan fingerprint density at radius 2 is 2.00 bits per heavy atom. The van der Waals surface area contributed by atoms with Gasteiger partial charge < -0.3 is 10.4 Å². The number of hydrogen-bond donors (Lipinski definition) is 2. The van der Waals surface area contributed by atoms with E-state index < -0.39 is 12.0 Å². The number of carbonyl (C=O) groups is 1. The SMILES string of the molecule is C[C@H](Nc1cccc(-c2ccccn2)n1)C(=O)O. The molecule has 2 aromatic heterocycles. The molecule has 92 valence electrons. The number of nitrogens with one attached hydrogen (secondary N) is 1. The molecule has 2 heterocycles. The predicted molar refractivity (Wildman–Crippen MR) is 68.2 cm³/mol. The Hall–Kier alpha value is -2.43. The van der Waals surface area contributed by atoms with Gasteiger partial charge in [0.05, 0.1) is 11.4 Å². The van der Waals surface area contributed by atoms with Gasteiger partial charge in [0, 0.05) is 6.20 Å². The zero-order valence-corrected chi connectivity index (χ0v) is 9.87. The molecular weight excluding hydrogens is 230 g/mol. The Balaban J connectivity index is 2.23. The quantitative estimate of drug-likeness (QED) is 0.859. The van der Waals surface area contributed by atoms with Gasteiger partial charge in [-0.05, 0) is 31.2 Å². The lowest BCUT2D eigenvalue weighted by Crippen LogP contribution is -2.25. The molecule has 0 unspecified atom stereocenters. The lowest BCUT2D eigenvalue weighted by Gasteiger charge is -2.10. The van der Waals surface area contributed by atoms with Gasteiger partial charge in [0.1, 0.15) is 11.9 Å². The van der Waals surface area contributed by atoms with Crippen LogP contribution in [-0.4, -0.2) is 27.1 Å². The molecule has 0 spiro atoms. The number of hydrogen-bond acceptors (Lipinski definition) is 4. The smallest absolute Gasteiger partial charge is 0.325 e. The van der Waals surface area contributed by atoms with Crippen molar-refractivity contribution >= 4 is 11.8 Å². The third kappa shape index (κ3) is 2.82. The van der Waals surface area contributed by atoms with Crippen LogP contribution in [0.15, 0.2) is 42.6 Å². The van der Waals surface area contributed by atoms with Crippen molar-refractivity contribution in [1.29, 1.82) is 0 Å². The van der Waals surface area contributed by atoms with Crippen LogP contribution < -0.4 is 5.32 Å². The van der Waals surface area contributed by atoms with E-state index in [9.17, 15) is 4.79 Å². The number of anilines is 1. The Labute approximate surface area is 105 Å². The zero-order valence-electron chi connectivity index (χ0n) is 9.87. The maximum Gasteiger partial charge on any atom is 0.325 e. The van der Waals surface area contributed by atoms with E-state index in [1.165, 1.54) is 0 Å². The van der Waals surface area contributed by atoms with Crippen LogP contribution in [-0.2, 0) is 4.79 Å². The minimum absolute atomic E-state index is 0.521. The van der Waals surface area contributed by atoms with Gasteiger partial charge in [0.15, 0.2) is 0 Å². The number of carboxylic acids is 1. The molecule has 0 amide bonds. The maximum absolute atomic E-state index is 10.8. The first-order valence-corrected chi connectivity index (χ1v) is 5.54. The van der Waals surface area contributed by atoms with Crippen molar-refractivity contribution < 1.29 is 9.90 Å². The summed E-state index contributed by atoms with van der Waals surface area (Å²) >= 11 is 0. The second kappa shape index (κ2) is 5.27. The van der Waals surface area contributed by atoms with Crippen LogP contribution in [0.25, 0.3) is 11.4 Å². The maximum atomic E-state index is 10.8. The van der Waals surface area contributed by atoms with E-state index in [-0.39, 0.29) is 0 Å². The summed E-state index contributed by atoms with van der Waals surface area (Å²) in [6.45, 7) is 1.57. The molecule has 0 fully saturated rings. The van der Waals surface area contributed by atoms with Crippen LogP contribution in [0.5, 0.6) is 0 Å². The minimum Gasteiger partial charge on any atom is -0.480 e. The van der Waals surface area contributed by atoms with E-state index >= 15 is 0 Å². The molecule has 0 aliphatic heterocycles. The Kier molecular flexibility index (Phi) is 3.52. The number of rotatable bonds is 4. The lowest BCUT2D eigenvalue weighted by atomic mass is 10.2. The number of pyridine rings is 2. The second-order valence-corrected chi connectivity index (χ2v) is 3.83. The van der Waals surface area contributed by atoms with Crippen molar-refractivity contribution in [2.24, 2.45) is 0 Å². The molecule has 0 aliphatic carbocycles. The summed E-state index contributed by atoms with van der Waals surface area (Å²) in [6, 6.07) is 10.3. The van der Waals surface area contributed by atoms with Gasteiger partial charge in [-0.25, -0.2) is 4.98 Å². The van der Waals surface area contributed by atoms with Gasteiger partial charge in [0.25, 0.3) is 0 Å². The summed E-state index contributed by atoms with van der Waals surface area (Å²) in [4.78, 5) is 19.3. The summed E-state index contributed by atoms with van der Waals surface area (Å²) in [5.74, 6) is -0.395. The summed E-state index contributed by atoms with van der Waals surface area (Å²) in [6.07, 6.45) is 1.69. The van der Waals surface area contributed by atoms with Crippen LogP contribution in [0.1, 0.15) is 6.92 Å². The molecule has 0 radical (unpaired) electrons. The number of aromatic nitrogens is 2. The lowest BCUT2D eigenvalue weighted by molar-refractivity contribution is -0.137. The fraction of sp³-hybridized carbons (Fsp3) is 0.154. The largest absolute Gasteiger partial charge is 0.480 e. The van der Waals surface area contributed by atoms with Crippen LogP contribution in [0.3, 0.4) is 0 Å². The highest BCUT2D eigenvalue weighted by Crippen LogP contribution is 2.16. The predicted octanol–water partition coefficient (Wildman–Crippen LogP) is 2.03. The molecule has 0 aliphatic rings. The Bertz CT molecular complexity index is 543. The molecule has 0 saturated carbocycles. The van der Waals surface area contributed by atoms with Crippen LogP contribution in [0, 0.1) is 0 Å². The van der Waals surface area contributed by atoms with E-state index in [1.807, 2.05) is 30.3 Å². The Morgan fingerprint density at radius 1 is 1.22 bits per heavy atom. The third-order valence-electron chi connectivity index (χ3n) is 2.41. The first-order chi connectivity index (χ1) is 8.66. The highest BCUT2D eigenvalue weighted by molar-refractivity contribution is 5.76. The molecule has 1 atom stereocenters. The highest BCUT2D eigenvalue weighted by atomic mass is 16.4. The first-order valence-electron chi connectivity index (χ1n) is 5.54. The standard InChI is InChI=1S/C13H13N3O2/c1-9(13(17)18)15-12-7-4-6-11(16-12)10-5-2-3-8-14-10/h2-9H,1H3,(H,15,16)(H,17,18)/t9-/m0/s1. The minimum atomic E-state index is -0.917. The van der Waals surface area contributed by atoms with Crippen LogP contribution in [0.2, 0.25) is 0 Å². The van der Waals surface area contributed by atoms with Crippen molar-refractivity contribution in [3.05, 3.63) is 42.6 Å². The monoisotopic (exact) mass is 243 g/mol. The summed E-state index contributed by atoms with van der Waals surface area (Å²) in [5.41, 5.74) is 1.46. The number of aliphatic carboxylic acids is 1. The molecule has 0 saturated heterocycles. The topological polar surface area (TPSA) is 75.1 Å². The molecule has 2 N–H and O–H groups in total. The van der Waals surface area contributed by atoms with Crippen molar-refractivity contribution in [2.75, 3.05) is 5.32 Å². The molecule has 0 aromatic carbocycles. The zero-order chi connectivity index (χ0) is 13.0. The summed E-state index contributed by atoms with van der Waals surface area (Å²) in [7, 11) is 0. The molecule has 2 aromatic rings. The fourth-order valence-corrected chi connectivity index (χ4v) is 1.46. The van der Waals surface area contributed by atoms with Gasteiger partial charge in [0.2, 0.25) is 0 Å². The molecule has 2 rings (SSSR count). The second-order valence-electron chi connectivity index (χ2n) is 3.83. The number of nitrogens with zero attached hydrogens (tertiary/aromatic N) is 2. The molecule has 5 heteroatoms. The van der Waals surface area contributed by atoms with Crippen molar-refractivity contribution in [1.82, 2.24) is 9.97 Å². The van der Waals surface area contributed by atoms with Gasteiger partial charge in [-0.2, -0.15) is 0 Å². The van der Waals surface area contributed by atoms with Gasteiger partial charge in [-0.3, -0.25) is 9.78 Å². The van der Waals surface area contributed by atoms with E-state index in [0.717, 1.165) is 5.69 Å². The molecular formula is C13H13N3O2. The highest BCUT2D eigenvalue weighted by Gasteiger charge is 2.11. The molecule has 5 nitrogen and oxygen atoms in total. The molecule has 0 bridgehead atoms. The fourth-order valence-electron chi connectivity index (χ4n) is 1.46. The van der Waals surface area contributed by atoms with Crippen molar-refractivity contribution in [2.45, 2.75) is 13.0 Å². The van der Waals surface area contributed by atoms with Gasteiger partial charge in [-0.1, -0.05) is 12.1 Å². The van der Waals surface area contributed by atoms with Crippen LogP contribution >= 0.6 is 0 Å². The third-order valence-corrected chi connectivity index (χ3v) is 2.41. The van der Waals surface area contributed by atoms with E-state index in [4.69, 9.17) is 5.11 Å². The average Bonchev–Trinajstić information content (AvgIpc) is 2.40. The van der Waals surface area contributed by atoms with Crippen LogP contribution in [0.4, 0.5) is 5.82 Å². The Morgan fingerprint density at radius 3 is 2.67 bits per heavy atom. The van der Waals surface area contributed by atoms with Gasteiger partial charge >= 0.3 is 5.97 Å². The van der Waals surface area contributed by atoms with Crippen molar-refractivity contribution in [3.8, 4) is 11.4 Å². The summed E-state index contributed by atoms with van der Waals surface area (Å²) < 4.78 is 0. The van der Waals surface area contributed by atoms with E-state index in [0.29, 0.717) is 11.5 Å². The van der Waals surface area contributed by atoms with E-state index in [2.05, 4.69) is 15.3 Å². The normalized spacial score (nSPS) is 11.8. The van der Waals surface area contributed by atoms with Gasteiger partial charge in [-0.15, -0.1) is 0 Å².